The fourth-order valence-corrected chi connectivity index (χ4v) is 4.51. The molecule has 0 aromatic heterocycles. The molecule has 130 valence electrons. The van der Waals surface area contributed by atoms with Gasteiger partial charge in [-0.15, -0.1) is 0 Å². The number of fused-ring (bicyclic) bond motifs is 1. The fourth-order valence-electron chi connectivity index (χ4n) is 2.47. The van der Waals surface area contributed by atoms with Gasteiger partial charge in [0.15, 0.2) is 8.32 Å². The second-order valence-corrected chi connectivity index (χ2v) is 13.6. The van der Waals surface area contributed by atoms with E-state index >= 15 is 0 Å². The molecule has 0 saturated carbocycles. The van der Waals surface area contributed by atoms with Crippen molar-refractivity contribution in [2.45, 2.75) is 70.7 Å². The van der Waals surface area contributed by atoms with Crippen LogP contribution in [0.15, 0.2) is 24.3 Å². The van der Waals surface area contributed by atoms with Gasteiger partial charge in [-0.25, -0.2) is 0 Å². The van der Waals surface area contributed by atoms with Gasteiger partial charge in [-0.05, 0) is 24.2 Å². The van der Waals surface area contributed by atoms with Gasteiger partial charge in [0.25, 0.3) is 0 Å². The van der Waals surface area contributed by atoms with E-state index < -0.39 is 14.1 Å². The summed E-state index contributed by atoms with van der Waals surface area (Å²) in [6.07, 6.45) is -0.177. The molecule has 1 aromatic carbocycles. The van der Waals surface area contributed by atoms with Crippen LogP contribution in [-0.2, 0) is 9.16 Å². The number of hydrogen-bond acceptors (Lipinski definition) is 3. The molecule has 1 aliphatic heterocycles. The van der Waals surface area contributed by atoms with Crippen LogP contribution in [0.2, 0.25) is 18.1 Å². The van der Waals surface area contributed by atoms with Crippen LogP contribution in [0, 0.1) is 0 Å². The molecular weight excluding hydrogens is 372 g/mol. The Morgan fingerprint density at radius 1 is 1.26 bits per heavy atom. The van der Waals surface area contributed by atoms with Gasteiger partial charge in [-0.1, -0.05) is 54.9 Å². The summed E-state index contributed by atoms with van der Waals surface area (Å²) in [6.45, 7) is 15.2. The van der Waals surface area contributed by atoms with Crippen molar-refractivity contribution in [1.82, 2.24) is 0 Å². The van der Waals surface area contributed by atoms with Crippen molar-refractivity contribution in [2.24, 2.45) is 0 Å². The van der Waals surface area contributed by atoms with Gasteiger partial charge in [0.1, 0.15) is 11.9 Å². The summed E-state index contributed by atoms with van der Waals surface area (Å²) in [5, 5.41) is 0.891. The third-order valence-corrected chi connectivity index (χ3v) is 9.88. The third kappa shape index (κ3) is 4.19. The summed E-state index contributed by atoms with van der Waals surface area (Å²) in [5.74, 6) is 0.231. The van der Waals surface area contributed by atoms with Crippen molar-refractivity contribution in [3.05, 3.63) is 29.8 Å². The zero-order chi connectivity index (χ0) is 17.5. The maximum atomic E-state index is 6.65. The lowest BCUT2D eigenvalue weighted by atomic mass is 10.0. The van der Waals surface area contributed by atoms with Crippen LogP contribution in [0.5, 0.6) is 5.75 Å². The van der Waals surface area contributed by atoms with E-state index in [0.717, 1.165) is 16.6 Å². The molecule has 1 aromatic rings. The minimum atomic E-state index is -1.89. The van der Waals surface area contributed by atoms with E-state index in [2.05, 4.69) is 55.9 Å². The number of benzene rings is 1. The number of para-hydroxylation sites is 1. The average Bonchev–Trinajstić information content (AvgIpc) is 2.41. The van der Waals surface area contributed by atoms with Crippen molar-refractivity contribution >= 4 is 24.2 Å². The molecule has 0 aliphatic carbocycles. The molecule has 0 fully saturated rings. The van der Waals surface area contributed by atoms with Crippen LogP contribution >= 0.6 is 15.9 Å². The van der Waals surface area contributed by atoms with Crippen LogP contribution in [0.1, 0.15) is 46.3 Å². The lowest BCUT2D eigenvalue weighted by molar-refractivity contribution is -0.224. The van der Waals surface area contributed by atoms with Gasteiger partial charge >= 0.3 is 0 Å². The molecule has 0 bridgehead atoms. The standard InChI is InChI=1S/C18H29BrO3Si/c1-17(2,3)23(6,7)22-15(12-19)16-13-10-8-9-11-14(13)20-18(4,5)21-16/h8-11,15-16H,12H2,1-7H3/t15?,16-/m1/s1. The molecule has 2 atom stereocenters. The maximum Gasteiger partial charge on any atom is 0.205 e. The van der Waals surface area contributed by atoms with Gasteiger partial charge in [0.2, 0.25) is 5.79 Å². The molecule has 2 rings (SSSR count). The zero-order valence-corrected chi connectivity index (χ0v) is 17.9. The first-order valence-corrected chi connectivity index (χ1v) is 12.2. The summed E-state index contributed by atoms with van der Waals surface area (Å²) in [6, 6.07) is 8.09. The number of rotatable bonds is 4. The highest BCUT2D eigenvalue weighted by molar-refractivity contribution is 9.09. The summed E-state index contributed by atoms with van der Waals surface area (Å²) in [5.41, 5.74) is 1.06. The van der Waals surface area contributed by atoms with Crippen LogP contribution in [-0.4, -0.2) is 25.5 Å². The Balaban J connectivity index is 2.34. The summed E-state index contributed by atoms with van der Waals surface area (Å²) in [7, 11) is -1.89. The molecule has 0 spiro atoms. The number of halogens is 1. The average molecular weight is 401 g/mol. The van der Waals surface area contributed by atoms with Gasteiger partial charge in [0, 0.05) is 24.7 Å². The van der Waals surface area contributed by atoms with Crippen LogP contribution in [0.4, 0.5) is 0 Å². The Morgan fingerprint density at radius 3 is 2.43 bits per heavy atom. The molecule has 1 unspecified atom stereocenters. The van der Waals surface area contributed by atoms with Gasteiger partial charge in [-0.3, -0.25) is 0 Å². The van der Waals surface area contributed by atoms with Crippen molar-refractivity contribution in [2.75, 3.05) is 5.33 Å². The van der Waals surface area contributed by atoms with Crippen molar-refractivity contribution < 1.29 is 13.9 Å². The van der Waals surface area contributed by atoms with Crippen molar-refractivity contribution in [3.8, 4) is 5.75 Å². The van der Waals surface area contributed by atoms with E-state index in [1.54, 1.807) is 0 Å². The Labute approximate surface area is 150 Å². The topological polar surface area (TPSA) is 27.7 Å². The summed E-state index contributed by atoms with van der Waals surface area (Å²) >= 11 is 3.64. The fraction of sp³-hybridized carbons (Fsp3) is 0.667. The van der Waals surface area contributed by atoms with E-state index in [-0.39, 0.29) is 17.2 Å². The molecule has 0 N–H and O–H groups in total. The minimum Gasteiger partial charge on any atom is -0.463 e. The summed E-state index contributed by atoms with van der Waals surface area (Å²) in [4.78, 5) is 0. The molecule has 23 heavy (non-hydrogen) atoms. The quantitative estimate of drug-likeness (QED) is 0.481. The van der Waals surface area contributed by atoms with Gasteiger partial charge < -0.3 is 13.9 Å². The van der Waals surface area contributed by atoms with Gasteiger partial charge in [-0.2, -0.15) is 0 Å². The Morgan fingerprint density at radius 2 is 1.87 bits per heavy atom. The smallest absolute Gasteiger partial charge is 0.205 e. The molecule has 3 nitrogen and oxygen atoms in total. The van der Waals surface area contributed by atoms with E-state index in [4.69, 9.17) is 13.9 Å². The number of hydrogen-bond donors (Lipinski definition) is 0. The van der Waals surface area contributed by atoms with E-state index in [0.29, 0.717) is 0 Å². The lowest BCUT2D eigenvalue weighted by Crippen LogP contribution is -2.49. The van der Waals surface area contributed by atoms with Crippen molar-refractivity contribution in [3.63, 3.8) is 0 Å². The minimum absolute atomic E-state index is 0.0415. The highest BCUT2D eigenvalue weighted by atomic mass is 79.9. The maximum absolute atomic E-state index is 6.65. The number of alkyl halides is 1. The highest BCUT2D eigenvalue weighted by Gasteiger charge is 2.44. The largest absolute Gasteiger partial charge is 0.463 e. The molecule has 0 radical (unpaired) electrons. The molecule has 0 amide bonds. The van der Waals surface area contributed by atoms with Crippen LogP contribution < -0.4 is 4.74 Å². The Bertz CT molecular complexity index is 551. The third-order valence-electron chi connectivity index (χ3n) is 4.73. The van der Waals surface area contributed by atoms with Gasteiger partial charge in [0.05, 0.1) is 6.10 Å². The SMILES string of the molecule is CC1(C)Oc2ccccc2[C@H](C(CBr)O[Si](C)(C)C(C)(C)C)O1. The zero-order valence-electron chi connectivity index (χ0n) is 15.3. The normalized spacial score (nSPS) is 22.2. The predicted octanol–water partition coefficient (Wildman–Crippen LogP) is 5.66. The van der Waals surface area contributed by atoms with E-state index in [1.807, 2.05) is 32.0 Å². The Kier molecular flexibility index (Phi) is 5.36. The summed E-state index contributed by atoms with van der Waals surface area (Å²) < 4.78 is 18.9. The highest BCUT2D eigenvalue weighted by Crippen LogP contribution is 2.44. The Hall–Kier alpha value is -0.363. The number of ether oxygens (including phenoxy) is 2. The lowest BCUT2D eigenvalue weighted by Gasteiger charge is -2.44. The molecule has 1 heterocycles. The first kappa shape index (κ1) is 19.0. The monoisotopic (exact) mass is 400 g/mol. The molecule has 5 heteroatoms. The molecule has 1 aliphatic rings. The molecule has 0 saturated heterocycles. The second kappa shape index (κ2) is 6.51. The second-order valence-electron chi connectivity index (χ2n) is 8.15. The van der Waals surface area contributed by atoms with E-state index in [9.17, 15) is 0 Å². The van der Waals surface area contributed by atoms with E-state index in [1.165, 1.54) is 0 Å². The first-order valence-electron chi connectivity index (χ1n) is 8.16. The van der Waals surface area contributed by atoms with Crippen LogP contribution in [0.25, 0.3) is 0 Å². The first-order chi connectivity index (χ1) is 10.5. The molecular formula is C18H29BrO3Si. The van der Waals surface area contributed by atoms with Crippen molar-refractivity contribution in [1.29, 1.82) is 0 Å². The van der Waals surface area contributed by atoms with Crippen LogP contribution in [0.3, 0.4) is 0 Å². The predicted molar refractivity (Wildman–Crippen MR) is 101 cm³/mol.